The second-order valence-corrected chi connectivity index (χ2v) is 16.8. The molecule has 0 unspecified atom stereocenters. The van der Waals surface area contributed by atoms with Crippen molar-refractivity contribution in [2.24, 2.45) is 23.7 Å². The molecular weight excluding hydrogens is 601 g/mol. The number of hydrogen-bond donors (Lipinski definition) is 0. The third-order valence-electron chi connectivity index (χ3n) is 13.3. The second kappa shape index (κ2) is 21.0. The molecule has 0 atom stereocenters. The summed E-state index contributed by atoms with van der Waals surface area (Å²) in [6.07, 6.45) is 30.2. The monoisotopic (exact) mass is 671 g/mol. The van der Waals surface area contributed by atoms with Gasteiger partial charge in [0.25, 0.3) is 0 Å². The van der Waals surface area contributed by atoms with Gasteiger partial charge in [0.05, 0.1) is 12.2 Å². The standard InChI is InChI=1S/C46H70O3/c1-3-13-41(14-4-1)43-25-17-37(18-26-43)11-7-9-33-48-45-29-21-39(22-30-45)35-47-36-40-23-31-46(32-24-40)49-34-10-8-12-38-19-27-44(28-20-38)42-15-5-2-6-16-42/h1-6,13-16,37-40,43-46H,7-12,17-36H2. The first-order chi connectivity index (χ1) is 24.3. The van der Waals surface area contributed by atoms with Crippen LogP contribution in [0.1, 0.15) is 164 Å². The summed E-state index contributed by atoms with van der Waals surface area (Å²) in [6, 6.07) is 22.4. The molecule has 272 valence electrons. The Morgan fingerprint density at radius 1 is 0.388 bits per heavy atom. The van der Waals surface area contributed by atoms with Gasteiger partial charge in [-0.2, -0.15) is 0 Å². The maximum Gasteiger partial charge on any atom is 0.0575 e. The van der Waals surface area contributed by atoms with Crippen LogP contribution in [-0.4, -0.2) is 38.6 Å². The summed E-state index contributed by atoms with van der Waals surface area (Å²) in [6.45, 7) is 3.86. The minimum Gasteiger partial charge on any atom is -0.381 e. The predicted molar refractivity (Wildman–Crippen MR) is 204 cm³/mol. The first kappa shape index (κ1) is 37.1. The Morgan fingerprint density at radius 2 is 0.755 bits per heavy atom. The van der Waals surface area contributed by atoms with Gasteiger partial charge >= 0.3 is 0 Å². The van der Waals surface area contributed by atoms with E-state index in [1.807, 2.05) is 0 Å². The molecule has 2 aromatic rings. The predicted octanol–water partition coefficient (Wildman–Crippen LogP) is 12.4. The van der Waals surface area contributed by atoms with Crippen molar-refractivity contribution in [2.75, 3.05) is 26.4 Å². The molecule has 0 aliphatic heterocycles. The van der Waals surface area contributed by atoms with Crippen molar-refractivity contribution in [3.63, 3.8) is 0 Å². The molecule has 4 aliphatic rings. The second-order valence-electron chi connectivity index (χ2n) is 16.8. The topological polar surface area (TPSA) is 27.7 Å². The third kappa shape index (κ3) is 12.8. The van der Waals surface area contributed by atoms with Gasteiger partial charge in [-0.25, -0.2) is 0 Å². The van der Waals surface area contributed by atoms with Crippen molar-refractivity contribution >= 4 is 0 Å². The third-order valence-corrected chi connectivity index (χ3v) is 13.3. The summed E-state index contributed by atoms with van der Waals surface area (Å²) in [5.41, 5.74) is 3.12. The van der Waals surface area contributed by atoms with Gasteiger partial charge in [-0.15, -0.1) is 0 Å². The molecule has 0 amide bonds. The molecule has 4 fully saturated rings. The fraction of sp³-hybridized carbons (Fsp3) is 0.739. The maximum absolute atomic E-state index is 6.34. The zero-order valence-corrected chi connectivity index (χ0v) is 31.0. The molecule has 3 heteroatoms. The molecule has 2 aromatic carbocycles. The lowest BCUT2D eigenvalue weighted by atomic mass is 9.77. The Labute approximate surface area is 300 Å². The van der Waals surface area contributed by atoms with Crippen molar-refractivity contribution in [3.05, 3.63) is 71.8 Å². The number of hydrogen-bond acceptors (Lipinski definition) is 3. The Bertz CT molecular complexity index is 1010. The first-order valence-electron chi connectivity index (χ1n) is 21.2. The Kier molecular flexibility index (Phi) is 15.9. The van der Waals surface area contributed by atoms with Crippen molar-refractivity contribution in [1.82, 2.24) is 0 Å². The van der Waals surface area contributed by atoms with Gasteiger partial charge in [0.2, 0.25) is 0 Å². The van der Waals surface area contributed by atoms with E-state index in [4.69, 9.17) is 14.2 Å². The Hall–Kier alpha value is -1.68. The van der Waals surface area contributed by atoms with Crippen LogP contribution in [-0.2, 0) is 14.2 Å². The molecule has 4 aliphatic carbocycles. The van der Waals surface area contributed by atoms with Gasteiger partial charge in [0, 0.05) is 26.4 Å². The van der Waals surface area contributed by atoms with E-state index in [-0.39, 0.29) is 0 Å². The zero-order chi connectivity index (χ0) is 33.4. The van der Waals surface area contributed by atoms with Crippen LogP contribution in [0.3, 0.4) is 0 Å². The lowest BCUT2D eigenvalue weighted by molar-refractivity contribution is -0.0168. The smallest absolute Gasteiger partial charge is 0.0575 e. The molecule has 0 bridgehead atoms. The van der Waals surface area contributed by atoms with Gasteiger partial charge in [-0.1, -0.05) is 86.3 Å². The van der Waals surface area contributed by atoms with Crippen molar-refractivity contribution < 1.29 is 14.2 Å². The summed E-state index contributed by atoms with van der Waals surface area (Å²) in [5, 5.41) is 0. The van der Waals surface area contributed by atoms with Gasteiger partial charge in [0.15, 0.2) is 0 Å². The molecule has 0 aromatic heterocycles. The molecule has 4 saturated carbocycles. The average molecular weight is 671 g/mol. The summed E-state index contributed by atoms with van der Waals surface area (Å²) >= 11 is 0. The molecule has 0 spiro atoms. The van der Waals surface area contributed by atoms with Crippen LogP contribution < -0.4 is 0 Å². The Morgan fingerprint density at radius 3 is 1.14 bits per heavy atom. The molecule has 0 radical (unpaired) electrons. The van der Waals surface area contributed by atoms with Crippen LogP contribution in [0.4, 0.5) is 0 Å². The number of ether oxygens (including phenoxy) is 3. The largest absolute Gasteiger partial charge is 0.381 e. The highest BCUT2D eigenvalue weighted by Crippen LogP contribution is 2.39. The van der Waals surface area contributed by atoms with Crippen LogP contribution in [0, 0.1) is 23.7 Å². The van der Waals surface area contributed by atoms with E-state index in [0.717, 1.165) is 61.9 Å². The fourth-order valence-electron chi connectivity index (χ4n) is 9.92. The van der Waals surface area contributed by atoms with Crippen molar-refractivity contribution in [3.8, 4) is 0 Å². The molecule has 0 heterocycles. The van der Waals surface area contributed by atoms with Gasteiger partial charge in [-0.05, 0) is 162 Å². The van der Waals surface area contributed by atoms with E-state index in [1.54, 1.807) is 11.1 Å². The lowest BCUT2D eigenvalue weighted by Gasteiger charge is -2.31. The molecule has 49 heavy (non-hydrogen) atoms. The molecular formula is C46H70O3. The van der Waals surface area contributed by atoms with Crippen LogP contribution in [0.2, 0.25) is 0 Å². The number of unbranched alkanes of at least 4 members (excludes halogenated alkanes) is 2. The summed E-state index contributed by atoms with van der Waals surface area (Å²) < 4.78 is 19.0. The highest BCUT2D eigenvalue weighted by molar-refractivity contribution is 5.20. The fourth-order valence-corrected chi connectivity index (χ4v) is 9.92. The minimum atomic E-state index is 0.493. The van der Waals surface area contributed by atoms with Crippen LogP contribution in [0.5, 0.6) is 0 Å². The lowest BCUT2D eigenvalue weighted by Crippen LogP contribution is -2.27. The highest BCUT2D eigenvalue weighted by atomic mass is 16.5. The molecule has 0 saturated heterocycles. The van der Waals surface area contributed by atoms with Crippen molar-refractivity contribution in [1.29, 1.82) is 0 Å². The SMILES string of the molecule is c1ccc(C2CCC(CCCCOC3CCC(COCC4CCC(OCCCCC5CCC(c6ccccc6)CC5)CC4)CC3)CC2)cc1. The average Bonchev–Trinajstić information content (AvgIpc) is 3.17. The van der Waals surface area contributed by atoms with Crippen LogP contribution in [0.25, 0.3) is 0 Å². The maximum atomic E-state index is 6.34. The Balaban J connectivity index is 0.704. The number of benzene rings is 2. The van der Waals surface area contributed by atoms with E-state index in [2.05, 4.69) is 60.7 Å². The van der Waals surface area contributed by atoms with E-state index in [9.17, 15) is 0 Å². The normalized spacial score (nSPS) is 31.0. The molecule has 0 N–H and O–H groups in total. The highest BCUT2D eigenvalue weighted by Gasteiger charge is 2.26. The quantitative estimate of drug-likeness (QED) is 0.148. The first-order valence-corrected chi connectivity index (χ1v) is 21.2. The van der Waals surface area contributed by atoms with Gasteiger partial charge < -0.3 is 14.2 Å². The summed E-state index contributed by atoms with van der Waals surface area (Å²) in [4.78, 5) is 0. The summed E-state index contributed by atoms with van der Waals surface area (Å²) in [5.74, 6) is 4.97. The molecule has 6 rings (SSSR count). The zero-order valence-electron chi connectivity index (χ0n) is 31.0. The van der Waals surface area contributed by atoms with Gasteiger partial charge in [0.1, 0.15) is 0 Å². The van der Waals surface area contributed by atoms with E-state index < -0.39 is 0 Å². The van der Waals surface area contributed by atoms with E-state index in [1.165, 1.54) is 141 Å². The van der Waals surface area contributed by atoms with E-state index in [0.29, 0.717) is 12.2 Å². The molecule has 3 nitrogen and oxygen atoms in total. The number of rotatable bonds is 18. The van der Waals surface area contributed by atoms with Crippen LogP contribution in [0.15, 0.2) is 60.7 Å². The van der Waals surface area contributed by atoms with E-state index >= 15 is 0 Å². The van der Waals surface area contributed by atoms with Gasteiger partial charge in [-0.3, -0.25) is 0 Å². The summed E-state index contributed by atoms with van der Waals surface area (Å²) in [7, 11) is 0. The minimum absolute atomic E-state index is 0.493. The van der Waals surface area contributed by atoms with Crippen LogP contribution >= 0.6 is 0 Å². The van der Waals surface area contributed by atoms with Crippen molar-refractivity contribution in [2.45, 2.75) is 165 Å².